The van der Waals surface area contributed by atoms with Crippen LogP contribution in [0.25, 0.3) is 0 Å². The summed E-state index contributed by atoms with van der Waals surface area (Å²) in [6, 6.07) is 0. The second kappa shape index (κ2) is 4.96. The van der Waals surface area contributed by atoms with E-state index in [2.05, 4.69) is 5.32 Å². The van der Waals surface area contributed by atoms with E-state index in [1.807, 2.05) is 13.8 Å². The van der Waals surface area contributed by atoms with Crippen LogP contribution in [0.4, 0.5) is 0 Å². The monoisotopic (exact) mass is 166 g/mol. The molecule has 0 unspecified atom stereocenters. The van der Waals surface area contributed by atoms with Crippen LogP contribution in [0.5, 0.6) is 0 Å². The van der Waals surface area contributed by atoms with Crippen molar-refractivity contribution >= 4 is 10.5 Å². The zero-order chi connectivity index (χ0) is 8.04. The summed E-state index contributed by atoms with van der Waals surface area (Å²) in [5.74, 6) is 1.51. The Balaban J connectivity index is 0.000000371. The molecule has 4 heteroatoms. The van der Waals surface area contributed by atoms with Crippen LogP contribution in [0, 0.1) is 0 Å². The molecule has 0 amide bonds. The highest BCUT2D eigenvalue weighted by molar-refractivity contribution is 8.27. The van der Waals surface area contributed by atoms with E-state index in [0.717, 1.165) is 24.6 Å². The minimum atomic E-state index is -1.65. The molecule has 1 fully saturated rings. The van der Waals surface area contributed by atoms with Crippen molar-refractivity contribution < 1.29 is 4.55 Å². The van der Waals surface area contributed by atoms with Gasteiger partial charge in [0.15, 0.2) is 0 Å². The van der Waals surface area contributed by atoms with E-state index in [9.17, 15) is 4.55 Å². The molecule has 0 atom stereocenters. The molecule has 0 radical (unpaired) electrons. The van der Waals surface area contributed by atoms with Gasteiger partial charge in [0, 0.05) is 24.6 Å². The van der Waals surface area contributed by atoms with E-state index in [-0.39, 0.29) is 0 Å². The van der Waals surface area contributed by atoms with Crippen LogP contribution >= 0.6 is 10.5 Å². The van der Waals surface area contributed by atoms with E-state index in [0.29, 0.717) is 0 Å². The Labute approximate surface area is 64.7 Å². The second-order valence-electron chi connectivity index (χ2n) is 2.06. The smallest absolute Gasteiger partial charge is 0.0236 e. The highest BCUT2D eigenvalue weighted by Gasteiger charge is 2.16. The molecule has 1 rings (SSSR count). The summed E-state index contributed by atoms with van der Waals surface area (Å²) < 4.78 is 9.20. The van der Waals surface area contributed by atoms with E-state index < -0.39 is 10.5 Å². The Morgan fingerprint density at radius 2 is 1.70 bits per heavy atom. The van der Waals surface area contributed by atoms with Crippen LogP contribution in [-0.4, -0.2) is 29.1 Å². The van der Waals surface area contributed by atoms with Gasteiger partial charge in [0.25, 0.3) is 0 Å². The first-order chi connectivity index (χ1) is 4.71. The third-order valence-electron chi connectivity index (χ3n) is 1.26. The van der Waals surface area contributed by atoms with E-state index in [1.54, 1.807) is 0 Å². The van der Waals surface area contributed by atoms with Crippen molar-refractivity contribution in [3.63, 3.8) is 0 Å². The first-order valence-electron chi connectivity index (χ1n) is 3.70. The topological polar surface area (TPSA) is 58.3 Å². The maximum atomic E-state index is 9.20. The van der Waals surface area contributed by atoms with Crippen LogP contribution in [0.1, 0.15) is 13.8 Å². The molecule has 1 heterocycles. The van der Waals surface area contributed by atoms with Crippen LogP contribution in [0.3, 0.4) is 0 Å². The molecular formula is C6H18N2OS. The van der Waals surface area contributed by atoms with Gasteiger partial charge in [0.2, 0.25) is 0 Å². The minimum Gasteiger partial charge on any atom is -0.338 e. The van der Waals surface area contributed by atoms with Crippen LogP contribution in [-0.2, 0) is 0 Å². The van der Waals surface area contributed by atoms with Crippen molar-refractivity contribution in [1.29, 1.82) is 0 Å². The number of nitrogens with one attached hydrogen (secondary N) is 1. The summed E-state index contributed by atoms with van der Waals surface area (Å²) in [6.07, 6.45) is 0. The van der Waals surface area contributed by atoms with Gasteiger partial charge in [0.05, 0.1) is 0 Å². The Morgan fingerprint density at radius 1 is 1.30 bits per heavy atom. The third kappa shape index (κ3) is 4.11. The fourth-order valence-corrected chi connectivity index (χ4v) is 1.92. The average molecular weight is 166 g/mol. The fourth-order valence-electron chi connectivity index (χ4n) is 0.725. The lowest BCUT2D eigenvalue weighted by atomic mass is 10.6. The molecule has 1 aliphatic heterocycles. The molecule has 3 nitrogen and oxygen atoms in total. The maximum absolute atomic E-state index is 9.20. The largest absolute Gasteiger partial charge is 0.338 e. The molecule has 0 saturated carbocycles. The van der Waals surface area contributed by atoms with Crippen molar-refractivity contribution in [3.05, 3.63) is 0 Å². The summed E-state index contributed by atoms with van der Waals surface area (Å²) in [6.45, 7) is 5.75. The van der Waals surface area contributed by atoms with Crippen molar-refractivity contribution in [3.8, 4) is 0 Å². The molecule has 64 valence electrons. The number of rotatable bonds is 0. The van der Waals surface area contributed by atoms with Gasteiger partial charge in [0.1, 0.15) is 0 Å². The van der Waals surface area contributed by atoms with Crippen LogP contribution in [0.15, 0.2) is 0 Å². The summed E-state index contributed by atoms with van der Waals surface area (Å²) >= 11 is 0. The molecule has 1 saturated heterocycles. The van der Waals surface area contributed by atoms with Gasteiger partial charge >= 0.3 is 0 Å². The maximum Gasteiger partial charge on any atom is 0.0236 e. The van der Waals surface area contributed by atoms with E-state index in [4.69, 9.17) is 5.14 Å². The Hall–Kier alpha value is 0.230. The molecule has 4 N–H and O–H groups in total. The summed E-state index contributed by atoms with van der Waals surface area (Å²) in [5.41, 5.74) is 0. The highest BCUT2D eigenvalue weighted by atomic mass is 32.3. The SMILES string of the molecule is CC.NS1(O)CCNCC1. The molecule has 1 aliphatic rings. The number of hydrogen-bond donors (Lipinski definition) is 3. The first-order valence-corrected chi connectivity index (χ1v) is 5.69. The predicted molar refractivity (Wildman–Crippen MR) is 48.4 cm³/mol. The van der Waals surface area contributed by atoms with Crippen LogP contribution in [0.2, 0.25) is 0 Å². The lowest BCUT2D eigenvalue weighted by molar-refractivity contribution is 0.599. The normalized spacial score (nSPS) is 26.0. The lowest BCUT2D eigenvalue weighted by Gasteiger charge is -2.32. The van der Waals surface area contributed by atoms with Gasteiger partial charge in [-0.15, -0.1) is 0 Å². The molecule has 0 aromatic heterocycles. The second-order valence-corrected chi connectivity index (χ2v) is 4.68. The average Bonchev–Trinajstić information content (AvgIpc) is 1.92. The minimum absolute atomic E-state index is 0.757. The molecule has 0 aromatic rings. The van der Waals surface area contributed by atoms with E-state index in [1.165, 1.54) is 0 Å². The summed E-state index contributed by atoms with van der Waals surface area (Å²) in [7, 11) is -1.65. The van der Waals surface area contributed by atoms with Gasteiger partial charge in [-0.1, -0.05) is 24.3 Å². The molecule has 0 aliphatic carbocycles. The van der Waals surface area contributed by atoms with Crippen molar-refractivity contribution in [2.75, 3.05) is 24.6 Å². The highest BCUT2D eigenvalue weighted by Crippen LogP contribution is 2.33. The van der Waals surface area contributed by atoms with Crippen molar-refractivity contribution in [2.45, 2.75) is 13.8 Å². The van der Waals surface area contributed by atoms with Gasteiger partial charge in [-0.3, -0.25) is 5.14 Å². The van der Waals surface area contributed by atoms with Crippen molar-refractivity contribution in [2.24, 2.45) is 5.14 Å². The summed E-state index contributed by atoms with van der Waals surface area (Å²) in [5, 5.41) is 8.60. The molecule has 0 aromatic carbocycles. The molecular weight excluding hydrogens is 148 g/mol. The van der Waals surface area contributed by atoms with Gasteiger partial charge in [-0.2, -0.15) is 0 Å². The Bertz CT molecular complexity index is 79.8. The van der Waals surface area contributed by atoms with Crippen LogP contribution < -0.4 is 10.5 Å². The summed E-state index contributed by atoms with van der Waals surface area (Å²) in [4.78, 5) is 0. The lowest BCUT2D eigenvalue weighted by Crippen LogP contribution is -2.37. The zero-order valence-electron chi connectivity index (χ0n) is 6.76. The number of nitrogens with two attached hydrogens (primary N) is 1. The molecule has 0 bridgehead atoms. The Morgan fingerprint density at radius 3 is 1.90 bits per heavy atom. The van der Waals surface area contributed by atoms with Crippen molar-refractivity contribution in [1.82, 2.24) is 5.32 Å². The third-order valence-corrected chi connectivity index (χ3v) is 3.09. The Kier molecular flexibility index (Phi) is 5.07. The van der Waals surface area contributed by atoms with Gasteiger partial charge < -0.3 is 9.87 Å². The quantitative estimate of drug-likeness (QED) is 0.498. The molecule has 0 spiro atoms. The van der Waals surface area contributed by atoms with Gasteiger partial charge in [-0.05, 0) is 0 Å². The predicted octanol–water partition coefficient (Wildman–Crippen LogP) is 0.767. The fraction of sp³-hybridized carbons (Fsp3) is 1.00. The standard InChI is InChI=1S/C4H12N2OS.C2H6/c5-8(7)3-1-6-2-4-8;1-2/h6-7H,1-5H2;1-2H3. The van der Waals surface area contributed by atoms with Gasteiger partial charge in [-0.25, -0.2) is 0 Å². The van der Waals surface area contributed by atoms with E-state index >= 15 is 0 Å². The zero-order valence-corrected chi connectivity index (χ0v) is 7.58. The number of hydrogen-bond acceptors (Lipinski definition) is 3. The molecule has 10 heavy (non-hydrogen) atoms. The first kappa shape index (κ1) is 10.2.